The molecule has 0 bridgehead atoms. The summed E-state index contributed by atoms with van der Waals surface area (Å²) in [5.41, 5.74) is 0. The minimum atomic E-state index is -3.45. The number of halogens is 1. The second-order valence-corrected chi connectivity index (χ2v) is 6.68. The summed E-state index contributed by atoms with van der Waals surface area (Å²) in [6.07, 6.45) is 0.903. The summed E-state index contributed by atoms with van der Waals surface area (Å²) in [5.74, 6) is -0.129. The molecule has 5 heteroatoms. The van der Waals surface area contributed by atoms with Crippen LogP contribution in [0.15, 0.2) is 29.2 Å². The van der Waals surface area contributed by atoms with Crippen molar-refractivity contribution in [2.45, 2.75) is 25.2 Å². The molecule has 0 aliphatic rings. The third kappa shape index (κ3) is 5.14. The van der Waals surface area contributed by atoms with E-state index in [0.717, 1.165) is 12.5 Å². The minimum Gasteiger partial charge on any atom is -0.380 e. The Balaban J connectivity index is 2.46. The summed E-state index contributed by atoms with van der Waals surface area (Å²) >= 11 is 0. The van der Waals surface area contributed by atoms with Crippen molar-refractivity contribution in [3.63, 3.8) is 0 Å². The van der Waals surface area contributed by atoms with E-state index in [1.54, 1.807) is 0 Å². The Bertz CT molecular complexity index is 469. The van der Waals surface area contributed by atoms with Crippen LogP contribution in [0.3, 0.4) is 0 Å². The van der Waals surface area contributed by atoms with Gasteiger partial charge < -0.3 is 4.74 Å². The van der Waals surface area contributed by atoms with E-state index in [4.69, 9.17) is 4.74 Å². The van der Waals surface area contributed by atoms with Crippen molar-refractivity contribution >= 4 is 9.84 Å². The lowest BCUT2D eigenvalue weighted by Gasteiger charge is -2.07. The molecular formula is C13H19FO3S. The Hall–Kier alpha value is -0.940. The zero-order valence-electron chi connectivity index (χ0n) is 10.7. The number of benzene rings is 1. The van der Waals surface area contributed by atoms with Crippen LogP contribution in [0.25, 0.3) is 0 Å². The predicted octanol–water partition coefficient (Wildman–Crippen LogP) is 2.66. The second-order valence-electron chi connectivity index (χ2n) is 4.57. The molecule has 3 nitrogen and oxygen atoms in total. The molecule has 0 spiro atoms. The highest BCUT2D eigenvalue weighted by atomic mass is 32.2. The topological polar surface area (TPSA) is 43.4 Å². The fraction of sp³-hybridized carbons (Fsp3) is 0.538. The molecular weight excluding hydrogens is 255 g/mol. The van der Waals surface area contributed by atoms with E-state index in [-0.39, 0.29) is 17.3 Å². The van der Waals surface area contributed by atoms with Crippen molar-refractivity contribution in [1.82, 2.24) is 0 Å². The van der Waals surface area contributed by atoms with Gasteiger partial charge in [-0.3, -0.25) is 0 Å². The molecule has 1 aromatic rings. The Kier molecular flexibility index (Phi) is 5.75. The molecule has 18 heavy (non-hydrogen) atoms. The van der Waals surface area contributed by atoms with E-state index in [2.05, 4.69) is 13.8 Å². The largest absolute Gasteiger partial charge is 0.380 e. The third-order valence-corrected chi connectivity index (χ3v) is 4.17. The van der Waals surface area contributed by atoms with Crippen LogP contribution in [-0.4, -0.2) is 27.4 Å². The first-order valence-corrected chi connectivity index (χ1v) is 7.63. The summed E-state index contributed by atoms with van der Waals surface area (Å²) in [6, 6.07) is 5.04. The number of rotatable bonds is 7. The van der Waals surface area contributed by atoms with Gasteiger partial charge in [-0.1, -0.05) is 19.9 Å². The number of hydrogen-bond acceptors (Lipinski definition) is 3. The van der Waals surface area contributed by atoms with Crippen LogP contribution in [0.1, 0.15) is 20.3 Å². The summed E-state index contributed by atoms with van der Waals surface area (Å²) in [4.78, 5) is 0.00922. The molecule has 0 fully saturated rings. The van der Waals surface area contributed by atoms with Crippen molar-refractivity contribution in [1.29, 1.82) is 0 Å². The highest BCUT2D eigenvalue weighted by molar-refractivity contribution is 7.91. The molecule has 0 amide bonds. The van der Waals surface area contributed by atoms with E-state index in [0.29, 0.717) is 12.5 Å². The molecule has 0 unspecified atom stereocenters. The fourth-order valence-electron chi connectivity index (χ4n) is 1.37. The molecule has 1 rings (SSSR count). The molecule has 0 aliphatic heterocycles. The zero-order chi connectivity index (χ0) is 13.6. The van der Waals surface area contributed by atoms with E-state index in [9.17, 15) is 12.8 Å². The summed E-state index contributed by atoms with van der Waals surface area (Å²) < 4.78 is 41.9. The van der Waals surface area contributed by atoms with Gasteiger partial charge in [-0.05, 0) is 30.5 Å². The Morgan fingerprint density at radius 1 is 1.28 bits per heavy atom. The highest BCUT2D eigenvalue weighted by Gasteiger charge is 2.14. The molecule has 0 radical (unpaired) electrons. The standard InChI is InChI=1S/C13H19FO3S/c1-11(2)6-7-17-8-9-18(15,16)13-5-3-4-12(14)10-13/h3-5,10-11H,6-9H2,1-2H3. The van der Waals surface area contributed by atoms with Gasteiger partial charge in [0.25, 0.3) is 0 Å². The first kappa shape index (κ1) is 15.1. The average molecular weight is 274 g/mol. The normalized spacial score (nSPS) is 12.0. The van der Waals surface area contributed by atoms with Crippen molar-refractivity contribution in [3.05, 3.63) is 30.1 Å². The van der Waals surface area contributed by atoms with E-state index >= 15 is 0 Å². The maximum atomic E-state index is 12.9. The molecule has 0 atom stereocenters. The lowest BCUT2D eigenvalue weighted by Crippen LogP contribution is -2.13. The van der Waals surface area contributed by atoms with Gasteiger partial charge in [-0.2, -0.15) is 0 Å². The van der Waals surface area contributed by atoms with Gasteiger partial charge in [0.1, 0.15) is 5.82 Å². The first-order chi connectivity index (χ1) is 8.42. The second kappa shape index (κ2) is 6.85. The molecule has 0 saturated carbocycles. The molecule has 0 heterocycles. The lowest BCUT2D eigenvalue weighted by atomic mass is 10.1. The first-order valence-electron chi connectivity index (χ1n) is 5.98. The van der Waals surface area contributed by atoms with Gasteiger partial charge in [-0.15, -0.1) is 0 Å². The van der Waals surface area contributed by atoms with Crippen LogP contribution in [0.5, 0.6) is 0 Å². The fourth-order valence-corrected chi connectivity index (χ4v) is 2.52. The van der Waals surface area contributed by atoms with Crippen LogP contribution < -0.4 is 0 Å². The van der Waals surface area contributed by atoms with Crippen molar-refractivity contribution in [2.24, 2.45) is 5.92 Å². The van der Waals surface area contributed by atoms with Gasteiger partial charge in [0.2, 0.25) is 0 Å². The number of sulfone groups is 1. The zero-order valence-corrected chi connectivity index (χ0v) is 11.5. The number of ether oxygens (including phenoxy) is 1. The van der Waals surface area contributed by atoms with Crippen LogP contribution in [0.2, 0.25) is 0 Å². The molecule has 0 aliphatic carbocycles. The maximum absolute atomic E-state index is 12.9. The van der Waals surface area contributed by atoms with Crippen molar-refractivity contribution in [2.75, 3.05) is 19.0 Å². The van der Waals surface area contributed by atoms with Gasteiger partial charge >= 0.3 is 0 Å². The van der Waals surface area contributed by atoms with Crippen LogP contribution in [0.4, 0.5) is 4.39 Å². The van der Waals surface area contributed by atoms with E-state index in [1.165, 1.54) is 18.2 Å². The molecule has 1 aromatic carbocycles. The van der Waals surface area contributed by atoms with Gasteiger partial charge in [0.05, 0.1) is 17.3 Å². The van der Waals surface area contributed by atoms with Crippen molar-refractivity contribution < 1.29 is 17.5 Å². The van der Waals surface area contributed by atoms with Crippen LogP contribution in [-0.2, 0) is 14.6 Å². The molecule has 0 N–H and O–H groups in total. The number of hydrogen-bond donors (Lipinski definition) is 0. The average Bonchev–Trinajstić information content (AvgIpc) is 2.28. The van der Waals surface area contributed by atoms with E-state index < -0.39 is 15.7 Å². The van der Waals surface area contributed by atoms with Crippen LogP contribution in [0, 0.1) is 11.7 Å². The minimum absolute atomic E-state index is 0.00922. The molecule has 0 aromatic heterocycles. The predicted molar refractivity (Wildman–Crippen MR) is 68.7 cm³/mol. The quantitative estimate of drug-likeness (QED) is 0.718. The van der Waals surface area contributed by atoms with E-state index in [1.807, 2.05) is 0 Å². The SMILES string of the molecule is CC(C)CCOCCS(=O)(=O)c1cccc(F)c1. The summed E-state index contributed by atoms with van der Waals surface area (Å²) in [7, 11) is -3.45. The third-order valence-electron chi connectivity index (χ3n) is 2.49. The van der Waals surface area contributed by atoms with Gasteiger partial charge in [-0.25, -0.2) is 12.8 Å². The van der Waals surface area contributed by atoms with Crippen molar-refractivity contribution in [3.8, 4) is 0 Å². The Morgan fingerprint density at radius 3 is 2.61 bits per heavy atom. The monoisotopic (exact) mass is 274 g/mol. The lowest BCUT2D eigenvalue weighted by molar-refractivity contribution is 0.137. The van der Waals surface area contributed by atoms with Gasteiger partial charge in [0.15, 0.2) is 9.84 Å². The molecule has 102 valence electrons. The highest BCUT2D eigenvalue weighted by Crippen LogP contribution is 2.12. The smallest absolute Gasteiger partial charge is 0.180 e. The Labute approximate surface area is 108 Å². The molecule has 0 saturated heterocycles. The van der Waals surface area contributed by atoms with Crippen LogP contribution >= 0.6 is 0 Å². The Morgan fingerprint density at radius 2 is 2.00 bits per heavy atom. The summed E-state index contributed by atoms with van der Waals surface area (Å²) in [5, 5.41) is 0. The summed E-state index contributed by atoms with van der Waals surface area (Å²) in [6.45, 7) is 4.85. The van der Waals surface area contributed by atoms with Gasteiger partial charge in [0, 0.05) is 6.61 Å². The maximum Gasteiger partial charge on any atom is 0.180 e.